The number of carboxylic acid groups (broad SMARTS) is 1. The molecule has 0 bridgehead atoms. The molecule has 0 aromatic carbocycles. The van der Waals surface area contributed by atoms with E-state index < -0.39 is 5.97 Å². The van der Waals surface area contributed by atoms with Crippen molar-refractivity contribution >= 4 is 12.0 Å². The van der Waals surface area contributed by atoms with Crippen molar-refractivity contribution in [1.82, 2.24) is 15.5 Å². The fraction of sp³-hybridized carbons (Fsp3) is 0.846. The monoisotopic (exact) mass is 271 g/mol. The predicted octanol–water partition coefficient (Wildman–Crippen LogP) is 0.881. The molecule has 6 nitrogen and oxygen atoms in total. The molecule has 2 unspecified atom stereocenters. The largest absolute Gasteiger partial charge is 0.481 e. The molecule has 2 atom stereocenters. The zero-order chi connectivity index (χ0) is 14.3. The molecule has 1 rings (SSSR count). The summed E-state index contributed by atoms with van der Waals surface area (Å²) in [7, 11) is 0. The second-order valence-electron chi connectivity index (χ2n) is 5.47. The fourth-order valence-electron chi connectivity index (χ4n) is 2.33. The molecule has 6 heteroatoms. The maximum atomic E-state index is 11.5. The van der Waals surface area contributed by atoms with Crippen LogP contribution < -0.4 is 10.6 Å². The molecule has 1 fully saturated rings. The van der Waals surface area contributed by atoms with Crippen LogP contribution in [0.1, 0.15) is 33.1 Å². The van der Waals surface area contributed by atoms with Crippen LogP contribution in [0.3, 0.4) is 0 Å². The van der Waals surface area contributed by atoms with Gasteiger partial charge in [-0.25, -0.2) is 4.79 Å². The lowest BCUT2D eigenvalue weighted by molar-refractivity contribution is -0.137. The average Bonchev–Trinajstić information content (AvgIpc) is 2.77. The number of rotatable bonds is 7. The van der Waals surface area contributed by atoms with Crippen LogP contribution in [-0.4, -0.2) is 54.2 Å². The lowest BCUT2D eigenvalue weighted by Gasteiger charge is -2.21. The van der Waals surface area contributed by atoms with Gasteiger partial charge in [-0.2, -0.15) is 0 Å². The predicted molar refractivity (Wildman–Crippen MR) is 73.1 cm³/mol. The molecule has 0 aliphatic carbocycles. The number of amides is 2. The van der Waals surface area contributed by atoms with Crippen LogP contribution in [0.15, 0.2) is 0 Å². The SMILES string of the molecule is CC(CNC(=O)NC(C)CC(=O)O)CN1CCCC1. The number of carbonyl (C=O) groups is 2. The zero-order valence-electron chi connectivity index (χ0n) is 11.8. The molecule has 19 heavy (non-hydrogen) atoms. The van der Waals surface area contributed by atoms with Gasteiger partial charge in [-0.15, -0.1) is 0 Å². The van der Waals surface area contributed by atoms with Crippen molar-refractivity contribution in [2.45, 2.75) is 39.2 Å². The Labute approximate surface area is 114 Å². The molecule has 0 spiro atoms. The molecule has 0 aromatic heterocycles. The Balaban J connectivity index is 2.12. The van der Waals surface area contributed by atoms with Gasteiger partial charge >= 0.3 is 12.0 Å². The van der Waals surface area contributed by atoms with E-state index in [1.165, 1.54) is 12.8 Å². The van der Waals surface area contributed by atoms with Gasteiger partial charge in [-0.05, 0) is 38.8 Å². The highest BCUT2D eigenvalue weighted by atomic mass is 16.4. The van der Waals surface area contributed by atoms with Gasteiger partial charge in [-0.3, -0.25) is 4.79 Å². The molecule has 1 saturated heterocycles. The van der Waals surface area contributed by atoms with Gasteiger partial charge in [0, 0.05) is 19.1 Å². The zero-order valence-corrected chi connectivity index (χ0v) is 11.8. The summed E-state index contributed by atoms with van der Waals surface area (Å²) in [5, 5.41) is 14.0. The highest BCUT2D eigenvalue weighted by Crippen LogP contribution is 2.09. The molecule has 3 N–H and O–H groups in total. The Bertz CT molecular complexity index is 304. The van der Waals surface area contributed by atoms with Crippen LogP contribution in [0.2, 0.25) is 0 Å². The number of nitrogens with zero attached hydrogens (tertiary/aromatic N) is 1. The van der Waals surface area contributed by atoms with Gasteiger partial charge in [0.15, 0.2) is 0 Å². The lowest BCUT2D eigenvalue weighted by Crippen LogP contribution is -2.44. The number of urea groups is 1. The number of hydrogen-bond donors (Lipinski definition) is 3. The van der Waals surface area contributed by atoms with E-state index in [9.17, 15) is 9.59 Å². The highest BCUT2D eigenvalue weighted by Gasteiger charge is 2.15. The van der Waals surface area contributed by atoms with Gasteiger partial charge in [0.2, 0.25) is 0 Å². The quantitative estimate of drug-likeness (QED) is 0.642. The minimum atomic E-state index is -0.907. The molecule has 1 heterocycles. The summed E-state index contributed by atoms with van der Waals surface area (Å²) in [5.41, 5.74) is 0. The minimum absolute atomic E-state index is 0.0588. The number of carboxylic acids is 1. The molecular weight excluding hydrogens is 246 g/mol. The summed E-state index contributed by atoms with van der Waals surface area (Å²) >= 11 is 0. The molecule has 0 saturated carbocycles. The lowest BCUT2D eigenvalue weighted by atomic mass is 10.1. The van der Waals surface area contributed by atoms with Crippen molar-refractivity contribution in [3.05, 3.63) is 0 Å². The van der Waals surface area contributed by atoms with Gasteiger partial charge < -0.3 is 20.6 Å². The summed E-state index contributed by atoms with van der Waals surface area (Å²) < 4.78 is 0. The van der Waals surface area contributed by atoms with Crippen LogP contribution in [0.4, 0.5) is 4.79 Å². The number of carbonyl (C=O) groups excluding carboxylic acids is 1. The second kappa shape index (κ2) is 7.99. The first-order valence-corrected chi connectivity index (χ1v) is 6.96. The molecule has 0 radical (unpaired) electrons. The van der Waals surface area contributed by atoms with Crippen LogP contribution in [0.5, 0.6) is 0 Å². The minimum Gasteiger partial charge on any atom is -0.481 e. The summed E-state index contributed by atoms with van der Waals surface area (Å²) in [4.78, 5) is 24.4. The average molecular weight is 271 g/mol. The Hall–Kier alpha value is -1.30. The first kappa shape index (κ1) is 15.8. The van der Waals surface area contributed by atoms with Gasteiger partial charge in [0.05, 0.1) is 6.42 Å². The van der Waals surface area contributed by atoms with E-state index >= 15 is 0 Å². The molecule has 1 aliphatic heterocycles. The third-order valence-corrected chi connectivity index (χ3v) is 3.24. The maximum Gasteiger partial charge on any atom is 0.315 e. The highest BCUT2D eigenvalue weighted by molar-refractivity contribution is 5.75. The normalized spacial score (nSPS) is 18.8. The first-order chi connectivity index (χ1) is 8.97. The Morgan fingerprint density at radius 2 is 1.89 bits per heavy atom. The third kappa shape index (κ3) is 7.00. The van der Waals surface area contributed by atoms with E-state index in [-0.39, 0.29) is 18.5 Å². The molecular formula is C13H25N3O3. The summed E-state index contributed by atoms with van der Waals surface area (Å²) in [6, 6.07) is -0.645. The van der Waals surface area contributed by atoms with Crippen molar-refractivity contribution in [1.29, 1.82) is 0 Å². The number of aliphatic carboxylic acids is 1. The van der Waals surface area contributed by atoms with E-state index in [1.807, 2.05) is 0 Å². The van der Waals surface area contributed by atoms with E-state index in [0.717, 1.165) is 19.6 Å². The smallest absolute Gasteiger partial charge is 0.315 e. The van der Waals surface area contributed by atoms with E-state index in [4.69, 9.17) is 5.11 Å². The van der Waals surface area contributed by atoms with Gasteiger partial charge in [0.25, 0.3) is 0 Å². The summed E-state index contributed by atoms with van der Waals surface area (Å²) in [5.74, 6) is -0.506. The summed E-state index contributed by atoms with van der Waals surface area (Å²) in [6.45, 7) is 7.73. The van der Waals surface area contributed by atoms with Crippen molar-refractivity contribution in [2.75, 3.05) is 26.2 Å². The fourth-order valence-corrected chi connectivity index (χ4v) is 2.33. The standard InChI is InChI=1S/C13H25N3O3/c1-10(9-16-5-3-4-6-16)8-14-13(19)15-11(2)7-12(17)18/h10-11H,3-9H2,1-2H3,(H,17,18)(H2,14,15,19). The Morgan fingerprint density at radius 1 is 1.26 bits per heavy atom. The van der Waals surface area contributed by atoms with E-state index in [0.29, 0.717) is 12.5 Å². The van der Waals surface area contributed by atoms with Crippen molar-refractivity contribution in [2.24, 2.45) is 5.92 Å². The molecule has 0 aromatic rings. The number of hydrogen-bond acceptors (Lipinski definition) is 3. The van der Waals surface area contributed by atoms with Gasteiger partial charge in [0.1, 0.15) is 0 Å². The molecule has 1 aliphatic rings. The van der Waals surface area contributed by atoms with Crippen molar-refractivity contribution < 1.29 is 14.7 Å². The van der Waals surface area contributed by atoms with Crippen LogP contribution >= 0.6 is 0 Å². The van der Waals surface area contributed by atoms with E-state index in [2.05, 4.69) is 22.5 Å². The number of nitrogens with one attached hydrogen (secondary N) is 2. The topological polar surface area (TPSA) is 81.7 Å². The molecule has 110 valence electrons. The van der Waals surface area contributed by atoms with Crippen molar-refractivity contribution in [3.63, 3.8) is 0 Å². The maximum absolute atomic E-state index is 11.5. The third-order valence-electron chi connectivity index (χ3n) is 3.24. The van der Waals surface area contributed by atoms with Crippen LogP contribution in [0, 0.1) is 5.92 Å². The second-order valence-corrected chi connectivity index (χ2v) is 5.47. The Kier molecular flexibility index (Phi) is 6.62. The summed E-state index contributed by atoms with van der Waals surface area (Å²) in [6.07, 6.45) is 2.48. The van der Waals surface area contributed by atoms with Crippen LogP contribution in [0.25, 0.3) is 0 Å². The van der Waals surface area contributed by atoms with Gasteiger partial charge in [-0.1, -0.05) is 6.92 Å². The first-order valence-electron chi connectivity index (χ1n) is 6.96. The van der Waals surface area contributed by atoms with Crippen LogP contribution in [-0.2, 0) is 4.79 Å². The van der Waals surface area contributed by atoms with Crippen molar-refractivity contribution in [3.8, 4) is 0 Å². The molecule has 2 amide bonds. The number of likely N-dealkylation sites (tertiary alicyclic amines) is 1. The van der Waals surface area contributed by atoms with E-state index in [1.54, 1.807) is 6.92 Å². The Morgan fingerprint density at radius 3 is 2.47 bits per heavy atom.